The molecule has 210 valence electrons. The van der Waals surface area contributed by atoms with Crippen LogP contribution >= 0.6 is 0 Å². The smallest absolute Gasteiger partial charge is 1.00 e. The molecule has 4 rings (SSSR count). The fourth-order valence-electron chi connectivity index (χ4n) is 3.54. The molecule has 0 radical (unpaired) electrons. The maximum Gasteiger partial charge on any atom is 1.00 e. The summed E-state index contributed by atoms with van der Waals surface area (Å²) in [6.07, 6.45) is -0.461. The van der Waals surface area contributed by atoms with Crippen LogP contribution in [0, 0.1) is 0 Å². The van der Waals surface area contributed by atoms with Gasteiger partial charge in [-0.15, -0.1) is 0 Å². The van der Waals surface area contributed by atoms with Crippen LogP contribution in [0.1, 0.15) is 15.7 Å². The van der Waals surface area contributed by atoms with Crippen LogP contribution in [0.4, 0.5) is 0 Å². The van der Waals surface area contributed by atoms with Gasteiger partial charge in [0.15, 0.2) is 17.5 Å². The number of hydrogen-bond donors (Lipinski definition) is 6. The summed E-state index contributed by atoms with van der Waals surface area (Å²) in [5.74, 6) is -2.88. The molecular formula is C27H25K2N3O10. The van der Waals surface area contributed by atoms with E-state index >= 15 is 0 Å². The average Bonchev–Trinajstić information content (AvgIpc) is 2.88. The van der Waals surface area contributed by atoms with Crippen molar-refractivity contribution < 1.29 is 155 Å². The second kappa shape index (κ2) is 16.5. The third kappa shape index (κ3) is 9.60. The summed E-state index contributed by atoms with van der Waals surface area (Å²) in [5, 5.41) is 59.0. The number of benzene rings is 3. The summed E-state index contributed by atoms with van der Waals surface area (Å²) < 4.78 is 10.7. The molecule has 0 saturated heterocycles. The van der Waals surface area contributed by atoms with Gasteiger partial charge in [-0.1, -0.05) is 0 Å². The first-order chi connectivity index (χ1) is 19.1. The van der Waals surface area contributed by atoms with Gasteiger partial charge >= 0.3 is 115 Å². The van der Waals surface area contributed by atoms with E-state index in [-0.39, 0.29) is 200 Å². The molecule has 42 heavy (non-hydrogen) atoms. The first-order valence-corrected chi connectivity index (χ1v) is 11.7. The molecule has 0 bridgehead atoms. The largest absolute Gasteiger partial charge is 1.00 e. The molecule has 0 aliphatic carbocycles. The zero-order chi connectivity index (χ0) is 28.8. The minimum Gasteiger partial charge on any atom is -1.00 e. The third-order valence-corrected chi connectivity index (χ3v) is 5.45. The number of rotatable bonds is 11. The second-order valence-corrected chi connectivity index (χ2v) is 8.35. The van der Waals surface area contributed by atoms with Crippen molar-refractivity contribution in [2.75, 3.05) is 13.2 Å². The predicted molar refractivity (Wildman–Crippen MR) is 141 cm³/mol. The topological polar surface area (TPSA) is 213 Å². The number of carbonyl (C=O) groups is 2. The Labute approximate surface area is 327 Å². The number of phenols is 4. The molecule has 0 amide bonds. The van der Waals surface area contributed by atoms with Crippen LogP contribution in [-0.2, 0) is 9.59 Å². The zero-order valence-corrected chi connectivity index (χ0v) is 28.9. The van der Waals surface area contributed by atoms with Crippen LogP contribution in [0.15, 0.2) is 54.6 Å². The summed E-state index contributed by atoms with van der Waals surface area (Å²) in [6.45, 7) is -0.215. The Kier molecular flexibility index (Phi) is 14.1. The monoisotopic (exact) mass is 629 g/mol. The van der Waals surface area contributed by atoms with Crippen molar-refractivity contribution in [1.82, 2.24) is 15.0 Å². The van der Waals surface area contributed by atoms with Crippen molar-refractivity contribution >= 4 is 11.9 Å². The van der Waals surface area contributed by atoms with Crippen LogP contribution in [0.5, 0.6) is 34.5 Å². The molecule has 13 nitrogen and oxygen atoms in total. The van der Waals surface area contributed by atoms with E-state index in [1.165, 1.54) is 48.5 Å². The Morgan fingerprint density at radius 1 is 0.595 bits per heavy atom. The van der Waals surface area contributed by atoms with E-state index in [1.54, 1.807) is 0 Å². The molecule has 0 fully saturated rings. The van der Waals surface area contributed by atoms with Crippen molar-refractivity contribution in [3.05, 3.63) is 54.6 Å². The summed E-state index contributed by atoms with van der Waals surface area (Å²) >= 11 is 0. The average molecular weight is 630 g/mol. The number of aromatic nitrogens is 3. The Bertz CT molecular complexity index is 1510. The molecule has 0 spiro atoms. The number of aromatic hydroxyl groups is 4. The molecule has 0 aliphatic rings. The molecule has 1 aromatic heterocycles. The number of carboxylic acids is 2. The van der Waals surface area contributed by atoms with E-state index in [4.69, 9.17) is 19.7 Å². The van der Waals surface area contributed by atoms with E-state index in [2.05, 4.69) is 15.0 Å². The minimum atomic E-state index is -1.04. The van der Waals surface area contributed by atoms with Gasteiger partial charge < -0.3 is 43.0 Å². The number of aliphatic carboxylic acids is 2. The molecule has 6 N–H and O–H groups in total. The Morgan fingerprint density at radius 2 is 0.952 bits per heavy atom. The Morgan fingerprint density at radius 3 is 1.29 bits per heavy atom. The van der Waals surface area contributed by atoms with Crippen LogP contribution in [0.2, 0.25) is 0 Å². The van der Waals surface area contributed by atoms with Gasteiger partial charge in [-0.05, 0) is 36.4 Å². The number of carboxylic acid groups (broad SMARTS) is 2. The van der Waals surface area contributed by atoms with Crippen LogP contribution in [0.25, 0.3) is 34.2 Å². The molecule has 0 saturated carbocycles. The maximum atomic E-state index is 10.7. The normalized spacial score (nSPS) is 10.2. The van der Waals surface area contributed by atoms with E-state index < -0.39 is 11.9 Å². The first-order valence-electron chi connectivity index (χ1n) is 11.7. The van der Waals surface area contributed by atoms with E-state index in [9.17, 15) is 30.0 Å². The zero-order valence-electron chi connectivity index (χ0n) is 24.7. The minimum absolute atomic E-state index is 0. The van der Waals surface area contributed by atoms with Gasteiger partial charge in [0.25, 0.3) is 0 Å². The van der Waals surface area contributed by atoms with Crippen molar-refractivity contribution in [2.45, 2.75) is 12.8 Å². The molecule has 1 heterocycles. The van der Waals surface area contributed by atoms with Crippen molar-refractivity contribution in [3.8, 4) is 68.7 Å². The van der Waals surface area contributed by atoms with E-state index in [0.717, 1.165) is 6.07 Å². The molecule has 0 atom stereocenters. The van der Waals surface area contributed by atoms with Crippen molar-refractivity contribution in [3.63, 3.8) is 0 Å². The van der Waals surface area contributed by atoms with E-state index in [0.29, 0.717) is 0 Å². The standard InChI is InChI=1S/C27H23N3O10.2K.2H/c31-14-1-4-17(20(32)11-14)25-28-26(18-5-2-15(12-21(18)33)39-9-7-23(35)36)30-27(29-25)19-6-3-16(13-22(19)34)40-10-8-24(37)38;;;;/h1-6,11-13,31-34H,7-10H2,(H,35,36)(H,37,38);;;;/q;2*+1;2*-1. The van der Waals surface area contributed by atoms with Crippen LogP contribution in [-0.4, -0.2) is 70.7 Å². The summed E-state index contributed by atoms with van der Waals surface area (Å²) in [5.41, 5.74) is 0.410. The molecule has 0 aliphatic heterocycles. The summed E-state index contributed by atoms with van der Waals surface area (Å²) in [7, 11) is 0. The number of phenolic OH excluding ortho intramolecular Hbond substituents is 4. The van der Waals surface area contributed by atoms with Gasteiger partial charge in [0.05, 0.1) is 42.7 Å². The molecule has 0 unspecified atom stereocenters. The fourth-order valence-corrected chi connectivity index (χ4v) is 3.54. The molecule has 15 heteroatoms. The molecule has 4 aromatic rings. The van der Waals surface area contributed by atoms with Crippen LogP contribution < -0.4 is 112 Å². The third-order valence-electron chi connectivity index (χ3n) is 5.45. The number of hydrogen-bond acceptors (Lipinski definition) is 11. The van der Waals surface area contributed by atoms with Gasteiger partial charge in [-0.3, -0.25) is 9.59 Å². The SMILES string of the molecule is O=C(O)CCOc1ccc(-c2nc(-c3ccc(O)cc3O)nc(-c3ccc(OCCC(=O)O)cc3O)n2)c(O)c1.[H-].[H-].[K+].[K+]. The van der Waals surface area contributed by atoms with Crippen molar-refractivity contribution in [1.29, 1.82) is 0 Å². The number of ether oxygens (including phenoxy) is 2. The number of nitrogens with zero attached hydrogens (tertiary/aromatic N) is 3. The van der Waals surface area contributed by atoms with Crippen LogP contribution in [0.3, 0.4) is 0 Å². The quantitative estimate of drug-likeness (QED) is 0.0960. The van der Waals surface area contributed by atoms with Gasteiger partial charge in [-0.25, -0.2) is 15.0 Å². The maximum absolute atomic E-state index is 10.7. The molecular weight excluding hydrogens is 605 g/mol. The van der Waals surface area contributed by atoms with Gasteiger partial charge in [-0.2, -0.15) is 0 Å². The Balaban J connectivity index is 0.00000462. The fraction of sp³-hybridized carbons (Fsp3) is 0.148. The van der Waals surface area contributed by atoms with E-state index in [1.807, 2.05) is 0 Å². The summed E-state index contributed by atoms with van der Waals surface area (Å²) in [4.78, 5) is 34.6. The molecule has 3 aromatic carbocycles. The Hall–Kier alpha value is -2.32. The van der Waals surface area contributed by atoms with Crippen molar-refractivity contribution in [2.24, 2.45) is 0 Å². The second-order valence-electron chi connectivity index (χ2n) is 8.35. The first kappa shape index (κ1) is 35.9. The van der Waals surface area contributed by atoms with Gasteiger partial charge in [0.2, 0.25) is 0 Å². The van der Waals surface area contributed by atoms with Gasteiger partial charge in [0, 0.05) is 18.2 Å². The summed E-state index contributed by atoms with van der Waals surface area (Å²) in [6, 6.07) is 12.2. The predicted octanol–water partition coefficient (Wildman–Crippen LogP) is -2.36. The van der Waals surface area contributed by atoms with Gasteiger partial charge in [0.1, 0.15) is 34.5 Å².